The largest absolute Gasteiger partial charge is 0.494 e. The summed E-state index contributed by atoms with van der Waals surface area (Å²) in [7, 11) is 0. The van der Waals surface area contributed by atoms with Gasteiger partial charge in [0.1, 0.15) is 5.75 Å². The lowest BCUT2D eigenvalue weighted by Crippen LogP contribution is -2.26. The average molecular weight is 406 g/mol. The summed E-state index contributed by atoms with van der Waals surface area (Å²) >= 11 is 1.31. The molecule has 146 valence electrons. The highest BCUT2D eigenvalue weighted by molar-refractivity contribution is 7.22. The lowest BCUT2D eigenvalue weighted by atomic mass is 10.2. The molecule has 2 aromatic carbocycles. The van der Waals surface area contributed by atoms with Crippen LogP contribution < -0.4 is 15.5 Å². The average Bonchev–Trinajstić information content (AvgIpc) is 3.10. The van der Waals surface area contributed by atoms with E-state index in [1.54, 1.807) is 11.6 Å². The predicted octanol–water partition coefficient (Wildman–Crippen LogP) is 3.80. The van der Waals surface area contributed by atoms with Crippen molar-refractivity contribution in [3.63, 3.8) is 0 Å². The van der Waals surface area contributed by atoms with E-state index in [9.17, 15) is 9.59 Å². The summed E-state index contributed by atoms with van der Waals surface area (Å²) < 4.78 is 7.95. The van der Waals surface area contributed by atoms with Crippen LogP contribution in [-0.2, 0) is 0 Å². The van der Waals surface area contributed by atoms with Crippen molar-refractivity contribution in [2.75, 3.05) is 11.9 Å². The zero-order valence-electron chi connectivity index (χ0n) is 15.9. The highest BCUT2D eigenvalue weighted by Gasteiger charge is 2.17. The van der Waals surface area contributed by atoms with E-state index in [1.807, 2.05) is 55.5 Å². The van der Waals surface area contributed by atoms with Crippen molar-refractivity contribution < 1.29 is 9.53 Å². The predicted molar refractivity (Wildman–Crippen MR) is 113 cm³/mol. The fraction of sp³-hybridized carbons (Fsp3) is 0.143. The second-order valence-electron chi connectivity index (χ2n) is 6.28. The quantitative estimate of drug-likeness (QED) is 0.545. The Bertz CT molecular complexity index is 1250. The molecule has 0 fully saturated rings. The van der Waals surface area contributed by atoms with E-state index in [0.29, 0.717) is 17.4 Å². The Labute approximate surface area is 170 Å². The van der Waals surface area contributed by atoms with Crippen molar-refractivity contribution in [3.8, 4) is 11.4 Å². The van der Waals surface area contributed by atoms with Crippen molar-refractivity contribution in [1.82, 2.24) is 14.8 Å². The number of benzene rings is 2. The fourth-order valence-corrected chi connectivity index (χ4v) is 3.80. The lowest BCUT2D eigenvalue weighted by molar-refractivity contribution is 0.101. The van der Waals surface area contributed by atoms with Crippen LogP contribution in [0.5, 0.6) is 5.75 Å². The molecule has 2 heterocycles. The Hall–Kier alpha value is -3.52. The summed E-state index contributed by atoms with van der Waals surface area (Å²) in [5.74, 6) is 0.149. The Kier molecular flexibility index (Phi) is 5.09. The molecule has 4 aromatic rings. The number of hydrogen-bond donors (Lipinski definition) is 1. The van der Waals surface area contributed by atoms with Gasteiger partial charge in [-0.1, -0.05) is 29.5 Å². The number of nitrogens with zero attached hydrogens (tertiary/aromatic N) is 3. The van der Waals surface area contributed by atoms with Crippen LogP contribution in [0.2, 0.25) is 0 Å². The summed E-state index contributed by atoms with van der Waals surface area (Å²) in [6.07, 6.45) is 0. The summed E-state index contributed by atoms with van der Waals surface area (Å²) in [6, 6.07) is 16.3. The van der Waals surface area contributed by atoms with E-state index in [4.69, 9.17) is 4.74 Å². The van der Waals surface area contributed by atoms with Crippen molar-refractivity contribution in [3.05, 3.63) is 76.2 Å². The normalized spacial score (nSPS) is 10.8. The van der Waals surface area contributed by atoms with Gasteiger partial charge in [0.2, 0.25) is 5.43 Å². The van der Waals surface area contributed by atoms with E-state index in [-0.39, 0.29) is 5.69 Å². The SMILES string of the molecule is CCOc1ccc2nc(NC(=O)c3nn(-c4ccccc4)c(C)cc3=O)sc2c1. The molecule has 0 saturated carbocycles. The van der Waals surface area contributed by atoms with Crippen molar-refractivity contribution in [2.24, 2.45) is 0 Å². The first kappa shape index (κ1) is 18.8. The van der Waals surface area contributed by atoms with Gasteiger partial charge in [-0.15, -0.1) is 0 Å². The molecular weight excluding hydrogens is 388 g/mol. The second kappa shape index (κ2) is 7.84. The van der Waals surface area contributed by atoms with Crippen LogP contribution in [0.25, 0.3) is 15.9 Å². The molecule has 0 aliphatic heterocycles. The highest BCUT2D eigenvalue weighted by atomic mass is 32.1. The molecule has 0 bridgehead atoms. The number of thiazole rings is 1. The first-order valence-corrected chi connectivity index (χ1v) is 9.88. The van der Waals surface area contributed by atoms with Gasteiger partial charge in [0.15, 0.2) is 10.8 Å². The van der Waals surface area contributed by atoms with Crippen molar-refractivity contribution in [2.45, 2.75) is 13.8 Å². The fourth-order valence-electron chi connectivity index (χ4n) is 2.91. The number of amides is 1. The molecule has 0 unspecified atom stereocenters. The Morgan fingerprint density at radius 3 is 2.72 bits per heavy atom. The van der Waals surface area contributed by atoms with Crippen LogP contribution in [-0.4, -0.2) is 27.3 Å². The maximum atomic E-state index is 12.7. The molecule has 0 radical (unpaired) electrons. The number of carbonyl (C=O) groups is 1. The first-order valence-electron chi connectivity index (χ1n) is 9.06. The number of para-hydroxylation sites is 1. The van der Waals surface area contributed by atoms with E-state index in [0.717, 1.165) is 21.7 Å². The van der Waals surface area contributed by atoms with Gasteiger partial charge in [0.05, 0.1) is 22.5 Å². The Morgan fingerprint density at radius 2 is 1.97 bits per heavy atom. The first-order chi connectivity index (χ1) is 14.0. The smallest absolute Gasteiger partial charge is 0.281 e. The number of fused-ring (bicyclic) bond motifs is 1. The number of anilines is 1. The summed E-state index contributed by atoms with van der Waals surface area (Å²) in [6.45, 7) is 4.26. The molecule has 0 aliphatic carbocycles. The third kappa shape index (κ3) is 3.88. The molecule has 0 atom stereocenters. The molecular formula is C21H18N4O3S. The minimum absolute atomic E-state index is 0.186. The minimum Gasteiger partial charge on any atom is -0.494 e. The van der Waals surface area contributed by atoms with E-state index in [1.165, 1.54) is 17.4 Å². The highest BCUT2D eigenvalue weighted by Crippen LogP contribution is 2.29. The topological polar surface area (TPSA) is 86.1 Å². The zero-order valence-corrected chi connectivity index (χ0v) is 16.7. The zero-order chi connectivity index (χ0) is 20.4. The molecule has 0 spiro atoms. The number of aromatic nitrogens is 3. The Balaban J connectivity index is 1.65. The van der Waals surface area contributed by atoms with E-state index in [2.05, 4.69) is 15.4 Å². The molecule has 1 amide bonds. The molecule has 0 saturated heterocycles. The van der Waals surface area contributed by atoms with Crippen LogP contribution in [0, 0.1) is 6.92 Å². The standard InChI is InChI=1S/C21H18N4O3S/c1-3-28-15-9-10-16-18(12-15)29-21(22-16)23-20(27)19-17(26)11-13(2)25(24-19)14-7-5-4-6-8-14/h4-12H,3H2,1-2H3,(H,22,23,27). The number of carbonyl (C=O) groups excluding carboxylic acids is 1. The number of rotatable bonds is 5. The van der Waals surface area contributed by atoms with E-state index >= 15 is 0 Å². The van der Waals surface area contributed by atoms with Crippen molar-refractivity contribution >= 4 is 32.6 Å². The van der Waals surface area contributed by atoms with Gasteiger partial charge >= 0.3 is 0 Å². The molecule has 2 aromatic heterocycles. The van der Waals surface area contributed by atoms with Crippen LogP contribution in [0.15, 0.2) is 59.4 Å². The van der Waals surface area contributed by atoms with Gasteiger partial charge in [0.25, 0.3) is 5.91 Å². The minimum atomic E-state index is -0.594. The van der Waals surface area contributed by atoms with Crippen molar-refractivity contribution in [1.29, 1.82) is 0 Å². The maximum Gasteiger partial charge on any atom is 0.281 e. The summed E-state index contributed by atoms with van der Waals surface area (Å²) in [4.78, 5) is 29.5. The van der Waals surface area contributed by atoms with E-state index < -0.39 is 11.3 Å². The molecule has 1 N–H and O–H groups in total. The molecule has 8 heteroatoms. The van der Waals surface area contributed by atoms with Crippen LogP contribution in [0.4, 0.5) is 5.13 Å². The van der Waals surface area contributed by atoms with Gasteiger partial charge in [-0.2, -0.15) is 5.10 Å². The van der Waals surface area contributed by atoms with Crippen LogP contribution in [0.1, 0.15) is 23.1 Å². The summed E-state index contributed by atoms with van der Waals surface area (Å²) in [5.41, 5.74) is 1.52. The van der Waals surface area contributed by atoms with Gasteiger partial charge in [-0.3, -0.25) is 14.9 Å². The maximum absolute atomic E-state index is 12.7. The number of ether oxygens (including phenoxy) is 1. The third-order valence-corrected chi connectivity index (χ3v) is 5.15. The number of aryl methyl sites for hydroxylation is 1. The van der Waals surface area contributed by atoms with Gasteiger partial charge in [-0.25, -0.2) is 9.67 Å². The molecule has 0 aliphatic rings. The number of hydrogen-bond acceptors (Lipinski definition) is 6. The van der Waals surface area contributed by atoms with Gasteiger partial charge in [-0.05, 0) is 44.2 Å². The van der Waals surface area contributed by atoms with Crippen LogP contribution in [0.3, 0.4) is 0 Å². The van der Waals surface area contributed by atoms with Crippen LogP contribution >= 0.6 is 11.3 Å². The van der Waals surface area contributed by atoms with Gasteiger partial charge < -0.3 is 4.74 Å². The monoisotopic (exact) mass is 406 g/mol. The molecule has 29 heavy (non-hydrogen) atoms. The Morgan fingerprint density at radius 1 is 1.17 bits per heavy atom. The molecule has 7 nitrogen and oxygen atoms in total. The third-order valence-electron chi connectivity index (χ3n) is 4.21. The van der Waals surface area contributed by atoms with Gasteiger partial charge in [0, 0.05) is 11.8 Å². The lowest BCUT2D eigenvalue weighted by Gasteiger charge is -2.10. The second-order valence-corrected chi connectivity index (χ2v) is 7.31. The summed E-state index contributed by atoms with van der Waals surface area (Å²) in [5, 5.41) is 7.36. The molecule has 4 rings (SSSR count). The number of nitrogens with one attached hydrogen (secondary N) is 1.